The molecule has 0 radical (unpaired) electrons. The van der Waals surface area contributed by atoms with E-state index in [0.717, 1.165) is 12.5 Å². The van der Waals surface area contributed by atoms with Crippen molar-refractivity contribution in [3.8, 4) is 0 Å². The summed E-state index contributed by atoms with van der Waals surface area (Å²) in [6.07, 6.45) is 3.79. The minimum absolute atomic E-state index is 0.0960. The molecular weight excluding hydrogens is 236 g/mol. The minimum Gasteiger partial charge on any atom is -0.376 e. The first-order chi connectivity index (χ1) is 8.96. The maximum Gasteiger partial charge on any atom is 0.0629 e. The fourth-order valence-corrected chi connectivity index (χ4v) is 3.57. The second-order valence-electron chi connectivity index (χ2n) is 7.25. The predicted octanol–water partition coefficient (Wildman–Crippen LogP) is 2.61. The lowest BCUT2D eigenvalue weighted by Gasteiger charge is -2.37. The van der Waals surface area contributed by atoms with Crippen molar-refractivity contribution in [2.24, 2.45) is 5.92 Å². The number of hydrogen-bond donors (Lipinski definition) is 0. The van der Waals surface area contributed by atoms with Gasteiger partial charge < -0.3 is 9.64 Å². The molecule has 0 N–H and O–H groups in total. The molecule has 112 valence electrons. The van der Waals surface area contributed by atoms with E-state index < -0.39 is 0 Å². The topological polar surface area (TPSA) is 15.7 Å². The van der Waals surface area contributed by atoms with E-state index in [1.807, 2.05) is 0 Å². The molecule has 0 aromatic heterocycles. The first-order valence-corrected chi connectivity index (χ1v) is 8.07. The summed E-state index contributed by atoms with van der Waals surface area (Å²) in [5, 5.41) is 0. The van der Waals surface area contributed by atoms with Gasteiger partial charge in [-0.25, -0.2) is 0 Å². The monoisotopic (exact) mass is 268 g/mol. The maximum atomic E-state index is 5.83. The Balaban J connectivity index is 1.79. The zero-order chi connectivity index (χ0) is 13.9. The first-order valence-electron chi connectivity index (χ1n) is 8.07. The third kappa shape index (κ3) is 4.73. The highest BCUT2D eigenvalue weighted by Gasteiger charge is 2.30. The van der Waals surface area contributed by atoms with Gasteiger partial charge >= 0.3 is 0 Å². The highest BCUT2D eigenvalue weighted by molar-refractivity contribution is 4.82. The fraction of sp³-hybridized carbons (Fsp3) is 1.00. The molecule has 2 aliphatic heterocycles. The lowest BCUT2D eigenvalue weighted by Crippen LogP contribution is -2.41. The molecule has 2 fully saturated rings. The zero-order valence-electron chi connectivity index (χ0n) is 13.3. The average Bonchev–Trinajstić information content (AvgIpc) is 2.53. The molecule has 2 rings (SSSR count). The van der Waals surface area contributed by atoms with Crippen molar-refractivity contribution >= 4 is 0 Å². The fourth-order valence-electron chi connectivity index (χ4n) is 3.57. The van der Waals surface area contributed by atoms with Crippen molar-refractivity contribution in [3.63, 3.8) is 0 Å². The van der Waals surface area contributed by atoms with Gasteiger partial charge in [0.05, 0.1) is 5.60 Å². The van der Waals surface area contributed by atoms with Crippen LogP contribution in [0.4, 0.5) is 0 Å². The van der Waals surface area contributed by atoms with Gasteiger partial charge in [-0.1, -0.05) is 0 Å². The van der Waals surface area contributed by atoms with Crippen LogP contribution in [0, 0.1) is 5.92 Å². The number of hydrogen-bond acceptors (Lipinski definition) is 3. The molecule has 0 saturated carbocycles. The summed E-state index contributed by atoms with van der Waals surface area (Å²) in [7, 11) is 0. The van der Waals surface area contributed by atoms with E-state index in [-0.39, 0.29) is 5.60 Å². The highest BCUT2D eigenvalue weighted by Crippen LogP contribution is 2.29. The van der Waals surface area contributed by atoms with E-state index in [2.05, 4.69) is 37.5 Å². The summed E-state index contributed by atoms with van der Waals surface area (Å²) < 4.78 is 5.83. The zero-order valence-corrected chi connectivity index (χ0v) is 13.3. The van der Waals surface area contributed by atoms with Gasteiger partial charge in [-0.2, -0.15) is 0 Å². The molecule has 2 heterocycles. The summed E-state index contributed by atoms with van der Waals surface area (Å²) in [6.45, 7) is 16.4. The SMILES string of the molecule is CC(C)N1CCCN(CC2CCOC(C)(C)C2)CC1. The quantitative estimate of drug-likeness (QED) is 0.782. The van der Waals surface area contributed by atoms with Crippen LogP contribution < -0.4 is 0 Å². The molecule has 0 amide bonds. The highest BCUT2D eigenvalue weighted by atomic mass is 16.5. The van der Waals surface area contributed by atoms with Crippen LogP contribution in [0.2, 0.25) is 0 Å². The van der Waals surface area contributed by atoms with Crippen LogP contribution in [0.25, 0.3) is 0 Å². The van der Waals surface area contributed by atoms with Gasteiger partial charge in [0.15, 0.2) is 0 Å². The maximum absolute atomic E-state index is 5.83. The number of rotatable bonds is 3. The van der Waals surface area contributed by atoms with Crippen LogP contribution in [-0.2, 0) is 4.74 Å². The summed E-state index contributed by atoms with van der Waals surface area (Å²) in [5.74, 6) is 0.828. The molecule has 2 saturated heterocycles. The number of ether oxygens (including phenoxy) is 1. The van der Waals surface area contributed by atoms with Gasteiger partial charge in [-0.15, -0.1) is 0 Å². The van der Waals surface area contributed by atoms with Gasteiger partial charge in [-0.05, 0) is 66.0 Å². The van der Waals surface area contributed by atoms with Crippen LogP contribution in [0.15, 0.2) is 0 Å². The van der Waals surface area contributed by atoms with Crippen LogP contribution >= 0.6 is 0 Å². The molecular formula is C16H32N2O. The average molecular weight is 268 g/mol. The van der Waals surface area contributed by atoms with Crippen molar-refractivity contribution in [2.45, 2.75) is 58.6 Å². The Labute approximate surface area is 119 Å². The van der Waals surface area contributed by atoms with E-state index in [0.29, 0.717) is 6.04 Å². The Hall–Kier alpha value is -0.120. The Morgan fingerprint density at radius 3 is 2.63 bits per heavy atom. The van der Waals surface area contributed by atoms with Gasteiger partial charge in [0.2, 0.25) is 0 Å². The van der Waals surface area contributed by atoms with Crippen molar-refractivity contribution in [1.82, 2.24) is 9.80 Å². The van der Waals surface area contributed by atoms with E-state index >= 15 is 0 Å². The van der Waals surface area contributed by atoms with Gasteiger partial charge in [0, 0.05) is 32.3 Å². The predicted molar refractivity (Wildman–Crippen MR) is 80.5 cm³/mol. The molecule has 3 heteroatoms. The summed E-state index contributed by atoms with van der Waals surface area (Å²) in [5.41, 5.74) is 0.0960. The van der Waals surface area contributed by atoms with Gasteiger partial charge in [0.25, 0.3) is 0 Å². The Kier molecular flexibility index (Phi) is 5.27. The van der Waals surface area contributed by atoms with Crippen molar-refractivity contribution in [3.05, 3.63) is 0 Å². The standard InChI is InChI=1S/C16H32N2O/c1-14(2)18-8-5-7-17(9-10-18)13-15-6-11-19-16(3,4)12-15/h14-15H,5-13H2,1-4H3. The van der Waals surface area contributed by atoms with Crippen LogP contribution in [0.1, 0.15) is 47.0 Å². The van der Waals surface area contributed by atoms with E-state index in [4.69, 9.17) is 4.74 Å². The summed E-state index contributed by atoms with van der Waals surface area (Å²) in [4.78, 5) is 5.31. The van der Waals surface area contributed by atoms with Crippen molar-refractivity contribution in [2.75, 3.05) is 39.3 Å². The lowest BCUT2D eigenvalue weighted by atomic mass is 9.88. The molecule has 0 aliphatic carbocycles. The van der Waals surface area contributed by atoms with Crippen molar-refractivity contribution < 1.29 is 4.74 Å². The molecule has 0 spiro atoms. The Bertz CT molecular complexity index is 278. The third-order valence-electron chi connectivity index (χ3n) is 4.67. The van der Waals surface area contributed by atoms with E-state index in [1.54, 1.807) is 0 Å². The van der Waals surface area contributed by atoms with Gasteiger partial charge in [0.1, 0.15) is 0 Å². The van der Waals surface area contributed by atoms with Crippen LogP contribution in [0.3, 0.4) is 0 Å². The Morgan fingerprint density at radius 1 is 1.16 bits per heavy atom. The van der Waals surface area contributed by atoms with Gasteiger partial charge in [-0.3, -0.25) is 4.90 Å². The molecule has 2 aliphatic rings. The lowest BCUT2D eigenvalue weighted by molar-refractivity contribution is -0.0766. The van der Waals surface area contributed by atoms with E-state index in [1.165, 1.54) is 52.0 Å². The van der Waals surface area contributed by atoms with Crippen LogP contribution in [-0.4, -0.2) is 60.8 Å². The van der Waals surface area contributed by atoms with Crippen molar-refractivity contribution in [1.29, 1.82) is 0 Å². The molecule has 0 aromatic rings. The molecule has 3 nitrogen and oxygen atoms in total. The number of nitrogens with zero attached hydrogens (tertiary/aromatic N) is 2. The molecule has 1 atom stereocenters. The molecule has 19 heavy (non-hydrogen) atoms. The molecule has 0 aromatic carbocycles. The summed E-state index contributed by atoms with van der Waals surface area (Å²) >= 11 is 0. The minimum atomic E-state index is 0.0960. The molecule has 1 unspecified atom stereocenters. The normalized spacial score (nSPS) is 30.5. The largest absolute Gasteiger partial charge is 0.376 e. The van der Waals surface area contributed by atoms with Crippen LogP contribution in [0.5, 0.6) is 0 Å². The second kappa shape index (κ2) is 6.55. The summed E-state index contributed by atoms with van der Waals surface area (Å²) in [6, 6.07) is 0.696. The Morgan fingerprint density at radius 2 is 1.95 bits per heavy atom. The molecule has 0 bridgehead atoms. The second-order valence-corrected chi connectivity index (χ2v) is 7.25. The smallest absolute Gasteiger partial charge is 0.0629 e. The van der Waals surface area contributed by atoms with E-state index in [9.17, 15) is 0 Å². The third-order valence-corrected chi connectivity index (χ3v) is 4.67. The first kappa shape index (κ1) is 15.3.